The van der Waals surface area contributed by atoms with Crippen molar-refractivity contribution in [3.8, 4) is 0 Å². The Hall–Kier alpha value is -2.37. The molecule has 0 amide bonds. The van der Waals surface area contributed by atoms with Crippen LogP contribution in [0.5, 0.6) is 0 Å². The van der Waals surface area contributed by atoms with Crippen molar-refractivity contribution in [1.29, 1.82) is 0 Å². The lowest BCUT2D eigenvalue weighted by atomic mass is 9.71. The first kappa shape index (κ1) is 51.6. The SMILES string of the molecule is C.C.C.C/C=C/C1CC(C)C2C3CC(C(=O)OC(C)(C)C)C(C3)C12.C/C=C/C1CC(C)CC1(C)C(=O)OC.C/C=C/C1CC(C)CC1C(=O)OC(C)(C)C. The van der Waals surface area contributed by atoms with Gasteiger partial charge in [-0.15, -0.1) is 0 Å². The molecule has 13 atom stereocenters. The normalized spacial score (nSPS) is 36.6. The molecule has 5 aliphatic carbocycles. The van der Waals surface area contributed by atoms with Crippen LogP contribution in [0.1, 0.15) is 157 Å². The zero-order valence-corrected chi connectivity index (χ0v) is 34.8. The van der Waals surface area contributed by atoms with Gasteiger partial charge in [0.25, 0.3) is 0 Å². The molecule has 6 heteroatoms. The highest BCUT2D eigenvalue weighted by molar-refractivity contribution is 5.77. The molecule has 13 unspecified atom stereocenters. The van der Waals surface area contributed by atoms with Gasteiger partial charge in [-0.25, -0.2) is 0 Å². The van der Waals surface area contributed by atoms with Crippen LogP contribution >= 0.6 is 0 Å². The van der Waals surface area contributed by atoms with Crippen molar-refractivity contribution in [2.75, 3.05) is 7.11 Å². The van der Waals surface area contributed by atoms with Crippen molar-refractivity contribution in [2.45, 2.75) is 168 Å². The average molecular weight is 759 g/mol. The Kier molecular flexibility index (Phi) is 20.3. The lowest BCUT2D eigenvalue weighted by Gasteiger charge is -2.35. The van der Waals surface area contributed by atoms with Crippen LogP contribution in [-0.2, 0) is 28.6 Å². The molecule has 0 N–H and O–H groups in total. The number of ether oxygens (including phenoxy) is 3. The third-order valence-electron chi connectivity index (χ3n) is 12.4. The van der Waals surface area contributed by atoms with Gasteiger partial charge in [-0.2, -0.15) is 0 Å². The summed E-state index contributed by atoms with van der Waals surface area (Å²) in [6.45, 7) is 26.7. The summed E-state index contributed by atoms with van der Waals surface area (Å²) in [6, 6.07) is 0. The van der Waals surface area contributed by atoms with E-state index in [9.17, 15) is 14.4 Å². The summed E-state index contributed by atoms with van der Waals surface area (Å²) in [4.78, 5) is 36.3. The van der Waals surface area contributed by atoms with Crippen molar-refractivity contribution < 1.29 is 28.6 Å². The van der Waals surface area contributed by atoms with Gasteiger partial charge in [0, 0.05) is 0 Å². The summed E-state index contributed by atoms with van der Waals surface area (Å²) in [5.74, 6) is 6.58. The molecule has 0 aliphatic heterocycles. The number of hydrogen-bond acceptors (Lipinski definition) is 6. The van der Waals surface area contributed by atoms with E-state index in [1.807, 2.05) is 74.5 Å². The van der Waals surface area contributed by atoms with E-state index in [0.717, 1.165) is 55.8 Å². The molecule has 0 saturated heterocycles. The Bertz CT molecular complexity index is 1260. The highest BCUT2D eigenvalue weighted by Crippen LogP contribution is 2.65. The minimum Gasteiger partial charge on any atom is -0.469 e. The smallest absolute Gasteiger partial charge is 0.312 e. The Balaban J connectivity index is 0.000000778. The molecule has 0 spiro atoms. The Labute approximate surface area is 334 Å². The van der Waals surface area contributed by atoms with E-state index in [2.05, 4.69) is 52.0 Å². The average Bonchev–Trinajstić information content (AvgIpc) is 3.82. The molecule has 6 nitrogen and oxygen atoms in total. The fourth-order valence-corrected chi connectivity index (χ4v) is 10.8. The predicted molar refractivity (Wildman–Crippen MR) is 228 cm³/mol. The van der Waals surface area contributed by atoms with Crippen LogP contribution in [0.25, 0.3) is 0 Å². The molecule has 5 fully saturated rings. The van der Waals surface area contributed by atoms with Crippen LogP contribution in [0.3, 0.4) is 0 Å². The summed E-state index contributed by atoms with van der Waals surface area (Å²) >= 11 is 0. The zero-order chi connectivity index (χ0) is 38.5. The number of methoxy groups -OCH3 is 1. The fraction of sp³-hybridized carbons (Fsp3) is 0.812. The van der Waals surface area contributed by atoms with Crippen LogP contribution in [0.4, 0.5) is 0 Å². The number of carbonyl (C=O) groups excluding carboxylic acids is 3. The van der Waals surface area contributed by atoms with Gasteiger partial charge in [0.2, 0.25) is 0 Å². The Morgan fingerprint density at radius 3 is 1.65 bits per heavy atom. The van der Waals surface area contributed by atoms with Gasteiger partial charge in [-0.3, -0.25) is 14.4 Å². The van der Waals surface area contributed by atoms with Crippen molar-refractivity contribution in [2.24, 2.45) is 76.4 Å². The van der Waals surface area contributed by atoms with E-state index in [-0.39, 0.29) is 68.6 Å². The first-order valence-corrected chi connectivity index (χ1v) is 20.1. The molecule has 5 aliphatic rings. The number of esters is 3. The van der Waals surface area contributed by atoms with Crippen molar-refractivity contribution in [1.82, 2.24) is 0 Å². The van der Waals surface area contributed by atoms with E-state index < -0.39 is 0 Å². The molecule has 5 saturated carbocycles. The van der Waals surface area contributed by atoms with E-state index in [1.54, 1.807) is 0 Å². The summed E-state index contributed by atoms with van der Waals surface area (Å²) < 4.78 is 16.1. The van der Waals surface area contributed by atoms with Gasteiger partial charge in [0.05, 0.1) is 24.4 Å². The molecular formula is C48H86O6. The largest absolute Gasteiger partial charge is 0.469 e. The summed E-state index contributed by atoms with van der Waals surface area (Å²) in [6.07, 6.45) is 20.7. The molecule has 0 heterocycles. The molecule has 0 aromatic heterocycles. The molecule has 314 valence electrons. The number of rotatable bonds is 6. The summed E-state index contributed by atoms with van der Waals surface area (Å²) in [5.41, 5.74) is -1.03. The third kappa shape index (κ3) is 12.8. The number of fused-ring (bicyclic) bond motifs is 5. The van der Waals surface area contributed by atoms with E-state index in [1.165, 1.54) is 20.0 Å². The minimum atomic E-state index is -0.372. The Morgan fingerprint density at radius 2 is 1.15 bits per heavy atom. The van der Waals surface area contributed by atoms with Crippen molar-refractivity contribution in [3.05, 3.63) is 36.5 Å². The maximum atomic E-state index is 12.5. The second kappa shape index (κ2) is 21.2. The molecule has 0 aromatic carbocycles. The number of hydrogen-bond donors (Lipinski definition) is 0. The topological polar surface area (TPSA) is 78.9 Å². The lowest BCUT2D eigenvalue weighted by Crippen LogP contribution is -2.37. The minimum absolute atomic E-state index is 0. The van der Waals surface area contributed by atoms with Gasteiger partial charge in [0.1, 0.15) is 11.2 Å². The van der Waals surface area contributed by atoms with E-state index in [4.69, 9.17) is 14.2 Å². The van der Waals surface area contributed by atoms with Crippen molar-refractivity contribution in [3.63, 3.8) is 0 Å². The van der Waals surface area contributed by atoms with E-state index >= 15 is 0 Å². The predicted octanol–water partition coefficient (Wildman–Crippen LogP) is 12.7. The van der Waals surface area contributed by atoms with Crippen LogP contribution in [0, 0.1) is 76.4 Å². The number of carbonyl (C=O) groups is 3. The molecule has 0 radical (unpaired) electrons. The maximum absolute atomic E-state index is 12.5. The van der Waals surface area contributed by atoms with Crippen LogP contribution in [0.2, 0.25) is 0 Å². The lowest BCUT2D eigenvalue weighted by molar-refractivity contribution is -0.163. The van der Waals surface area contributed by atoms with Gasteiger partial charge in [-0.1, -0.05) is 79.5 Å². The second-order valence-electron chi connectivity index (χ2n) is 19.1. The highest BCUT2D eigenvalue weighted by atomic mass is 16.6. The van der Waals surface area contributed by atoms with Gasteiger partial charge < -0.3 is 14.2 Å². The molecular weight excluding hydrogens is 673 g/mol. The quantitative estimate of drug-likeness (QED) is 0.152. The Morgan fingerprint density at radius 1 is 0.630 bits per heavy atom. The molecule has 54 heavy (non-hydrogen) atoms. The molecule has 5 rings (SSSR count). The third-order valence-corrected chi connectivity index (χ3v) is 12.4. The van der Waals surface area contributed by atoms with Crippen molar-refractivity contribution >= 4 is 17.9 Å². The van der Waals surface area contributed by atoms with Gasteiger partial charge >= 0.3 is 17.9 Å². The first-order valence-electron chi connectivity index (χ1n) is 20.1. The zero-order valence-electron chi connectivity index (χ0n) is 34.8. The van der Waals surface area contributed by atoms with Gasteiger partial charge in [-0.05, 0) is 173 Å². The summed E-state index contributed by atoms with van der Waals surface area (Å²) in [5, 5.41) is 0. The molecule has 0 aromatic rings. The maximum Gasteiger partial charge on any atom is 0.312 e. The number of allylic oxidation sites excluding steroid dienone is 6. The van der Waals surface area contributed by atoms with Crippen LogP contribution in [0.15, 0.2) is 36.5 Å². The highest BCUT2D eigenvalue weighted by Gasteiger charge is 2.61. The second-order valence-corrected chi connectivity index (χ2v) is 19.1. The fourth-order valence-electron chi connectivity index (χ4n) is 10.8. The van der Waals surface area contributed by atoms with Crippen LogP contribution < -0.4 is 0 Å². The van der Waals surface area contributed by atoms with E-state index in [0.29, 0.717) is 35.5 Å². The molecule has 2 bridgehead atoms. The standard InChI is InChI=1S/C19H30O2.C14H24O2.C12H20O2.3CH4/c1-6-7-12-8-11(2)16-13-9-14(17(12)16)15(10-13)18(20)21-19(3,4)5;1-6-7-11-8-10(2)9-12(11)13(15)16-14(3,4)5;1-5-6-10-7-9(2)8-12(10,3)11(13)14-4;;;/h6-7,11-17H,8-10H2,1-5H3;6-7,10-12H,8-9H2,1-5H3;5-6,9-10H,7-8H2,1-4H3;3*1H4/b2*7-6+;6-5+;;;. The first-order chi connectivity index (χ1) is 23.7. The summed E-state index contributed by atoms with van der Waals surface area (Å²) in [7, 11) is 1.48. The van der Waals surface area contributed by atoms with Crippen LogP contribution in [-0.4, -0.2) is 36.2 Å². The van der Waals surface area contributed by atoms with Gasteiger partial charge in [0.15, 0.2) is 0 Å². The monoisotopic (exact) mass is 759 g/mol.